The third-order valence-corrected chi connectivity index (χ3v) is 4.41. The number of aliphatic carboxylic acids is 3. The molecule has 0 unspecified atom stereocenters. The van der Waals surface area contributed by atoms with Gasteiger partial charge in [0.15, 0.2) is 0 Å². The molecule has 0 radical (unpaired) electrons. The van der Waals surface area contributed by atoms with Gasteiger partial charge in [-0.15, -0.1) is 0 Å². The van der Waals surface area contributed by atoms with Gasteiger partial charge in [-0.2, -0.15) is 0 Å². The summed E-state index contributed by atoms with van der Waals surface area (Å²) in [6.45, 7) is 6.38. The van der Waals surface area contributed by atoms with Gasteiger partial charge in [0.1, 0.15) is 0 Å². The fourth-order valence-corrected chi connectivity index (χ4v) is 3.04. The fourth-order valence-electron chi connectivity index (χ4n) is 3.04. The first-order valence-electron chi connectivity index (χ1n) is 9.07. The number of carbonyl (C=O) groups is 3. The van der Waals surface area contributed by atoms with Gasteiger partial charge in [0.25, 0.3) is 0 Å². The van der Waals surface area contributed by atoms with Crippen LogP contribution in [-0.4, -0.2) is 136 Å². The van der Waals surface area contributed by atoms with Crippen LogP contribution in [0.1, 0.15) is 0 Å². The molecule has 12 heteroatoms. The topological polar surface area (TPSA) is 145 Å². The Labute approximate surface area is 202 Å². The van der Waals surface area contributed by atoms with Crippen LogP contribution in [0.3, 0.4) is 0 Å². The van der Waals surface area contributed by atoms with Crippen LogP contribution in [0.25, 0.3) is 0 Å². The number of aliphatic hydroxyl groups is 1. The second-order valence-electron chi connectivity index (χ2n) is 6.85. The van der Waals surface area contributed by atoms with Crippen molar-refractivity contribution in [3.63, 3.8) is 0 Å². The molecular weight excluding hydrogens is 529 g/mol. The maximum absolute atomic E-state index is 11.1. The van der Waals surface area contributed by atoms with Crippen LogP contribution in [-0.2, 0) is 14.4 Å². The van der Waals surface area contributed by atoms with Crippen molar-refractivity contribution in [1.82, 2.24) is 19.6 Å². The quantitative estimate of drug-likeness (QED) is 0.259. The molecule has 0 aromatic rings. The summed E-state index contributed by atoms with van der Waals surface area (Å²) in [5.74, 6) is -2.95. The van der Waals surface area contributed by atoms with Gasteiger partial charge in [-0.25, -0.2) is 0 Å². The molecule has 0 amide bonds. The molecule has 1 rings (SSSR count). The molecular formula is C17H30GdN4O7. The second-order valence-corrected chi connectivity index (χ2v) is 6.85. The zero-order chi connectivity index (χ0) is 21.1. The SMILES string of the molecule is C=C(O)CN1CCN(CC(=O)O)CCN(CC(=O)O)CCN(CC(=O)O)CC1.[Gd]. The van der Waals surface area contributed by atoms with E-state index in [0.717, 1.165) is 0 Å². The van der Waals surface area contributed by atoms with E-state index in [1.165, 1.54) is 0 Å². The Morgan fingerprint density at radius 1 is 0.552 bits per heavy atom. The smallest absolute Gasteiger partial charge is 0.317 e. The molecule has 0 spiro atoms. The summed E-state index contributed by atoms with van der Waals surface area (Å²) in [5.41, 5.74) is 0. The predicted molar refractivity (Wildman–Crippen MR) is 100 cm³/mol. The standard InChI is InChI=1S/C17H30N4O7.Gd/c1-14(22)10-18-2-4-19(11-15(23)24)6-8-21(13-17(27)28)9-7-20(5-3-18)12-16(25)26;/h22H,1-13H2,(H,23,24)(H,25,26)(H,27,28);. The first-order valence-corrected chi connectivity index (χ1v) is 9.07. The molecule has 11 nitrogen and oxygen atoms in total. The van der Waals surface area contributed by atoms with E-state index in [9.17, 15) is 19.5 Å². The Morgan fingerprint density at radius 3 is 0.931 bits per heavy atom. The molecule has 168 valence electrons. The van der Waals surface area contributed by atoms with Gasteiger partial charge in [0.2, 0.25) is 0 Å². The molecule has 1 fully saturated rings. The monoisotopic (exact) mass is 560 g/mol. The molecule has 1 aliphatic heterocycles. The van der Waals surface area contributed by atoms with Crippen molar-refractivity contribution in [3.05, 3.63) is 12.3 Å². The van der Waals surface area contributed by atoms with Gasteiger partial charge in [-0.1, -0.05) is 6.58 Å². The third kappa shape index (κ3) is 13.9. The van der Waals surface area contributed by atoms with E-state index < -0.39 is 17.9 Å². The van der Waals surface area contributed by atoms with E-state index in [2.05, 4.69) is 6.58 Å². The summed E-state index contributed by atoms with van der Waals surface area (Å²) in [6.07, 6.45) is 0. The zero-order valence-electron chi connectivity index (χ0n) is 16.3. The van der Waals surface area contributed by atoms with Crippen LogP contribution in [0.2, 0.25) is 0 Å². The molecule has 0 saturated carbocycles. The number of hydrogen-bond donors (Lipinski definition) is 4. The summed E-state index contributed by atoms with van der Waals surface area (Å²) in [6, 6.07) is 0. The molecule has 1 heterocycles. The number of hydrogen-bond acceptors (Lipinski definition) is 8. The number of carboxylic acid groups (broad SMARTS) is 3. The minimum absolute atomic E-state index is 0. The maximum atomic E-state index is 11.1. The summed E-state index contributed by atoms with van der Waals surface area (Å²) >= 11 is 0. The fraction of sp³-hybridized carbons (Fsp3) is 0.706. The average Bonchev–Trinajstić information content (AvgIpc) is 2.55. The normalized spacial score (nSPS) is 18.8. The van der Waals surface area contributed by atoms with Crippen LogP contribution in [0.5, 0.6) is 0 Å². The molecule has 0 aromatic heterocycles. The Bertz CT molecular complexity index is 452. The molecule has 0 bridgehead atoms. The Hall–Kier alpha value is -0.885. The van der Waals surface area contributed by atoms with E-state index in [4.69, 9.17) is 15.3 Å². The van der Waals surface area contributed by atoms with Crippen molar-refractivity contribution < 1.29 is 74.8 Å². The number of aliphatic hydroxyl groups excluding tert-OH is 1. The first-order chi connectivity index (χ1) is 13.2. The number of nitrogens with zero attached hydrogens (tertiary/aromatic N) is 4. The van der Waals surface area contributed by atoms with Gasteiger partial charge in [-0.05, 0) is 0 Å². The van der Waals surface area contributed by atoms with Gasteiger partial charge in [0, 0.05) is 92.3 Å². The third-order valence-electron chi connectivity index (χ3n) is 4.41. The van der Waals surface area contributed by atoms with Crippen molar-refractivity contribution in [2.45, 2.75) is 0 Å². The average molecular weight is 560 g/mol. The first kappa shape index (κ1) is 28.1. The van der Waals surface area contributed by atoms with Crippen molar-refractivity contribution >= 4 is 17.9 Å². The molecule has 0 aliphatic carbocycles. The minimum atomic E-state index is -0.991. The summed E-state index contributed by atoms with van der Waals surface area (Å²) in [5, 5.41) is 36.9. The van der Waals surface area contributed by atoms with Crippen molar-refractivity contribution in [2.24, 2.45) is 0 Å². The second kappa shape index (κ2) is 15.0. The van der Waals surface area contributed by atoms with E-state index in [1.807, 2.05) is 4.90 Å². The summed E-state index contributed by atoms with van der Waals surface area (Å²) in [7, 11) is 0. The zero-order valence-corrected chi connectivity index (χ0v) is 18.6. The molecule has 0 aromatic carbocycles. The maximum Gasteiger partial charge on any atom is 0.317 e. The van der Waals surface area contributed by atoms with Crippen LogP contribution >= 0.6 is 0 Å². The van der Waals surface area contributed by atoms with Crippen LogP contribution in [0.4, 0.5) is 0 Å². The van der Waals surface area contributed by atoms with E-state index in [-0.39, 0.29) is 71.9 Å². The van der Waals surface area contributed by atoms with Crippen LogP contribution in [0, 0.1) is 39.9 Å². The molecule has 29 heavy (non-hydrogen) atoms. The van der Waals surface area contributed by atoms with E-state index >= 15 is 0 Å². The largest absolute Gasteiger partial charge is 0.512 e. The van der Waals surface area contributed by atoms with Gasteiger partial charge >= 0.3 is 17.9 Å². The van der Waals surface area contributed by atoms with Gasteiger partial charge < -0.3 is 20.4 Å². The van der Waals surface area contributed by atoms with Crippen molar-refractivity contribution in [1.29, 1.82) is 0 Å². The number of carboxylic acids is 3. The van der Waals surface area contributed by atoms with Crippen LogP contribution < -0.4 is 0 Å². The molecule has 1 saturated heterocycles. The van der Waals surface area contributed by atoms with E-state index in [0.29, 0.717) is 52.4 Å². The Morgan fingerprint density at radius 2 is 0.759 bits per heavy atom. The summed E-state index contributed by atoms with van der Waals surface area (Å²) < 4.78 is 0. The van der Waals surface area contributed by atoms with Gasteiger partial charge in [0.05, 0.1) is 31.9 Å². The Kier molecular flexibility index (Phi) is 14.5. The molecule has 0 atom stereocenters. The van der Waals surface area contributed by atoms with Crippen molar-refractivity contribution in [3.8, 4) is 0 Å². The summed E-state index contributed by atoms with van der Waals surface area (Å²) in [4.78, 5) is 40.4. The van der Waals surface area contributed by atoms with Crippen LogP contribution in [0.15, 0.2) is 12.3 Å². The molecule has 4 N–H and O–H groups in total. The van der Waals surface area contributed by atoms with E-state index in [1.54, 1.807) is 14.7 Å². The minimum Gasteiger partial charge on any atom is -0.512 e. The number of rotatable bonds is 8. The molecule has 1 aliphatic rings. The Balaban J connectivity index is 0.00000784. The predicted octanol–water partition coefficient (Wildman–Crippen LogP) is -1.47. The van der Waals surface area contributed by atoms with Crippen molar-refractivity contribution in [2.75, 3.05) is 78.5 Å². The van der Waals surface area contributed by atoms with Gasteiger partial charge in [-0.3, -0.25) is 34.0 Å².